The van der Waals surface area contributed by atoms with Crippen LogP contribution in [0.4, 0.5) is 10.5 Å². The maximum atomic E-state index is 11.5. The Labute approximate surface area is 95.3 Å². The highest BCUT2D eigenvalue weighted by Crippen LogP contribution is 2.17. The molecule has 1 rings (SSSR count). The molecule has 0 bridgehead atoms. The quantitative estimate of drug-likeness (QED) is 0.798. The van der Waals surface area contributed by atoms with Gasteiger partial charge in [0, 0.05) is 6.04 Å². The summed E-state index contributed by atoms with van der Waals surface area (Å²) in [5.74, 6) is 0. The molecule has 0 atom stereocenters. The molecule has 1 aromatic carbocycles. The van der Waals surface area contributed by atoms with Crippen molar-refractivity contribution >= 4 is 11.7 Å². The standard InChI is InChI=1S/C12H15N3O/c1-8(2)14-12(16)15-11-6-4-5-9(3)10(11)7-13/h4-6,8H,1-3H3,(H2,14,15,16). The molecule has 0 aliphatic heterocycles. The van der Waals surface area contributed by atoms with Gasteiger partial charge in [-0.25, -0.2) is 4.79 Å². The van der Waals surface area contributed by atoms with Gasteiger partial charge in [-0.3, -0.25) is 0 Å². The Kier molecular flexibility index (Phi) is 3.90. The third-order valence-corrected chi connectivity index (χ3v) is 2.05. The lowest BCUT2D eigenvalue weighted by atomic mass is 10.1. The molecule has 16 heavy (non-hydrogen) atoms. The van der Waals surface area contributed by atoms with E-state index in [1.54, 1.807) is 12.1 Å². The molecule has 1 aromatic rings. The number of rotatable bonds is 2. The van der Waals surface area contributed by atoms with Gasteiger partial charge in [0.15, 0.2) is 0 Å². The van der Waals surface area contributed by atoms with Crippen molar-refractivity contribution in [2.45, 2.75) is 26.8 Å². The number of hydrogen-bond acceptors (Lipinski definition) is 2. The Bertz CT molecular complexity index is 432. The minimum atomic E-state index is -0.294. The first-order valence-corrected chi connectivity index (χ1v) is 5.12. The van der Waals surface area contributed by atoms with Crippen LogP contribution in [-0.2, 0) is 0 Å². The van der Waals surface area contributed by atoms with Gasteiger partial charge in [0.1, 0.15) is 6.07 Å². The van der Waals surface area contributed by atoms with E-state index < -0.39 is 0 Å². The number of aryl methyl sites for hydroxylation is 1. The fourth-order valence-electron chi connectivity index (χ4n) is 1.34. The molecule has 0 aromatic heterocycles. The summed E-state index contributed by atoms with van der Waals surface area (Å²) in [6.45, 7) is 5.59. The van der Waals surface area contributed by atoms with E-state index in [1.165, 1.54) is 0 Å². The molecular formula is C12H15N3O. The van der Waals surface area contributed by atoms with Crippen LogP contribution in [0.1, 0.15) is 25.0 Å². The first-order valence-electron chi connectivity index (χ1n) is 5.12. The van der Waals surface area contributed by atoms with E-state index in [-0.39, 0.29) is 12.1 Å². The fraction of sp³-hybridized carbons (Fsp3) is 0.333. The summed E-state index contributed by atoms with van der Waals surface area (Å²) in [4.78, 5) is 11.5. The van der Waals surface area contributed by atoms with Crippen LogP contribution >= 0.6 is 0 Å². The first kappa shape index (κ1) is 12.1. The summed E-state index contributed by atoms with van der Waals surface area (Å²) in [6.07, 6.45) is 0. The van der Waals surface area contributed by atoms with Crippen molar-refractivity contribution in [1.29, 1.82) is 5.26 Å². The van der Waals surface area contributed by atoms with Crippen molar-refractivity contribution < 1.29 is 4.79 Å². The average Bonchev–Trinajstić information content (AvgIpc) is 2.16. The minimum absolute atomic E-state index is 0.0651. The number of amides is 2. The summed E-state index contributed by atoms with van der Waals surface area (Å²) in [7, 11) is 0. The van der Waals surface area contributed by atoms with Crippen LogP contribution in [0.15, 0.2) is 18.2 Å². The topological polar surface area (TPSA) is 64.9 Å². The van der Waals surface area contributed by atoms with Gasteiger partial charge >= 0.3 is 6.03 Å². The first-order chi connectivity index (χ1) is 7.54. The second-order valence-electron chi connectivity index (χ2n) is 3.86. The Balaban J connectivity index is 2.86. The monoisotopic (exact) mass is 217 g/mol. The van der Waals surface area contributed by atoms with Crippen LogP contribution in [-0.4, -0.2) is 12.1 Å². The largest absolute Gasteiger partial charge is 0.336 e. The molecule has 0 saturated carbocycles. The number of nitriles is 1. The van der Waals surface area contributed by atoms with Gasteiger partial charge in [-0.1, -0.05) is 12.1 Å². The third-order valence-electron chi connectivity index (χ3n) is 2.05. The van der Waals surface area contributed by atoms with Gasteiger partial charge in [-0.05, 0) is 32.4 Å². The number of carbonyl (C=O) groups is 1. The smallest absolute Gasteiger partial charge is 0.319 e. The molecule has 0 fully saturated rings. The molecule has 2 N–H and O–H groups in total. The Morgan fingerprint density at radius 3 is 2.69 bits per heavy atom. The number of nitrogens with one attached hydrogen (secondary N) is 2. The van der Waals surface area contributed by atoms with Crippen LogP contribution in [0.25, 0.3) is 0 Å². The maximum absolute atomic E-state index is 11.5. The molecule has 0 heterocycles. The second kappa shape index (κ2) is 5.17. The summed E-state index contributed by atoms with van der Waals surface area (Å²) in [6, 6.07) is 7.21. The van der Waals surface area contributed by atoms with E-state index in [9.17, 15) is 4.79 Å². The maximum Gasteiger partial charge on any atom is 0.319 e. The highest BCUT2D eigenvalue weighted by molar-refractivity contribution is 5.91. The SMILES string of the molecule is Cc1cccc(NC(=O)NC(C)C)c1C#N. The Morgan fingerprint density at radius 1 is 1.44 bits per heavy atom. The zero-order valence-electron chi connectivity index (χ0n) is 9.66. The molecule has 4 nitrogen and oxygen atoms in total. The van der Waals surface area contributed by atoms with E-state index >= 15 is 0 Å². The van der Waals surface area contributed by atoms with Gasteiger partial charge in [0.05, 0.1) is 11.3 Å². The van der Waals surface area contributed by atoms with Crippen LogP contribution in [0, 0.1) is 18.3 Å². The molecule has 4 heteroatoms. The zero-order valence-corrected chi connectivity index (χ0v) is 9.66. The van der Waals surface area contributed by atoms with Crippen LogP contribution in [0.3, 0.4) is 0 Å². The van der Waals surface area contributed by atoms with E-state index in [0.717, 1.165) is 5.56 Å². The Hall–Kier alpha value is -2.02. The summed E-state index contributed by atoms with van der Waals surface area (Å²) >= 11 is 0. The van der Waals surface area contributed by atoms with Crippen LogP contribution < -0.4 is 10.6 Å². The van der Waals surface area contributed by atoms with Crippen molar-refractivity contribution in [3.8, 4) is 6.07 Å². The lowest BCUT2D eigenvalue weighted by Gasteiger charge is -2.11. The number of nitrogens with zero attached hydrogens (tertiary/aromatic N) is 1. The zero-order chi connectivity index (χ0) is 12.1. The number of benzene rings is 1. The van der Waals surface area contributed by atoms with Gasteiger partial charge in [-0.15, -0.1) is 0 Å². The summed E-state index contributed by atoms with van der Waals surface area (Å²) < 4.78 is 0. The number of hydrogen-bond donors (Lipinski definition) is 2. The molecule has 0 saturated heterocycles. The van der Waals surface area contributed by atoms with Gasteiger partial charge in [0.25, 0.3) is 0 Å². The molecule has 0 aliphatic rings. The average molecular weight is 217 g/mol. The lowest BCUT2D eigenvalue weighted by Crippen LogP contribution is -2.34. The lowest BCUT2D eigenvalue weighted by molar-refractivity contribution is 0.250. The predicted octanol–water partition coefficient (Wildman–Crippen LogP) is 2.40. The van der Waals surface area contributed by atoms with Crippen LogP contribution in [0.2, 0.25) is 0 Å². The molecule has 2 amide bonds. The van der Waals surface area contributed by atoms with Crippen molar-refractivity contribution in [3.63, 3.8) is 0 Å². The van der Waals surface area contributed by atoms with Crippen molar-refractivity contribution in [2.75, 3.05) is 5.32 Å². The number of carbonyl (C=O) groups excluding carboxylic acids is 1. The molecule has 0 radical (unpaired) electrons. The van der Waals surface area contributed by atoms with E-state index in [4.69, 9.17) is 5.26 Å². The van der Waals surface area contributed by atoms with E-state index in [0.29, 0.717) is 11.3 Å². The predicted molar refractivity (Wildman–Crippen MR) is 63.2 cm³/mol. The second-order valence-corrected chi connectivity index (χ2v) is 3.86. The minimum Gasteiger partial charge on any atom is -0.336 e. The molecule has 0 aliphatic carbocycles. The summed E-state index contributed by atoms with van der Waals surface area (Å²) in [5.41, 5.74) is 1.90. The highest BCUT2D eigenvalue weighted by atomic mass is 16.2. The van der Waals surface area contributed by atoms with Crippen molar-refractivity contribution in [1.82, 2.24) is 5.32 Å². The van der Waals surface area contributed by atoms with E-state index in [1.807, 2.05) is 26.8 Å². The fourth-order valence-corrected chi connectivity index (χ4v) is 1.34. The molecule has 0 unspecified atom stereocenters. The molecule has 84 valence electrons. The van der Waals surface area contributed by atoms with Crippen LogP contribution in [0.5, 0.6) is 0 Å². The molecule has 0 spiro atoms. The van der Waals surface area contributed by atoms with Crippen molar-refractivity contribution in [3.05, 3.63) is 29.3 Å². The normalized spacial score (nSPS) is 9.69. The summed E-state index contributed by atoms with van der Waals surface area (Å²) in [5, 5.41) is 14.3. The molecular weight excluding hydrogens is 202 g/mol. The van der Waals surface area contributed by atoms with Crippen molar-refractivity contribution in [2.24, 2.45) is 0 Å². The number of urea groups is 1. The Morgan fingerprint density at radius 2 is 2.12 bits per heavy atom. The van der Waals surface area contributed by atoms with Gasteiger partial charge in [-0.2, -0.15) is 5.26 Å². The van der Waals surface area contributed by atoms with E-state index in [2.05, 4.69) is 16.7 Å². The highest BCUT2D eigenvalue weighted by Gasteiger charge is 2.08. The number of anilines is 1. The van der Waals surface area contributed by atoms with Gasteiger partial charge in [0.2, 0.25) is 0 Å². The van der Waals surface area contributed by atoms with Gasteiger partial charge < -0.3 is 10.6 Å². The third kappa shape index (κ3) is 2.99.